The van der Waals surface area contributed by atoms with Crippen LogP contribution in [-0.4, -0.2) is 19.7 Å². The molecule has 0 aliphatic rings. The van der Waals surface area contributed by atoms with Crippen LogP contribution in [0.15, 0.2) is 25.3 Å². The molecule has 0 bridgehead atoms. The van der Waals surface area contributed by atoms with Crippen LogP contribution in [0.3, 0.4) is 0 Å². The van der Waals surface area contributed by atoms with E-state index < -0.39 is 0 Å². The van der Waals surface area contributed by atoms with Crippen LogP contribution in [0.5, 0.6) is 0 Å². The maximum Gasteiger partial charge on any atom is 0.134 e. The molecule has 0 atom stereocenters. The van der Waals surface area contributed by atoms with Crippen molar-refractivity contribution < 1.29 is 0 Å². The standard InChI is InChI=1S/C10H11N5/c1-3-8-9(12-6-13-10(8)11)7-4-14-15(2)5-7/h3-6H,1H2,2H3,(H2,11,12,13). The fourth-order valence-corrected chi connectivity index (χ4v) is 1.38. The number of nitrogen functional groups attached to an aromatic ring is 1. The lowest BCUT2D eigenvalue weighted by Gasteiger charge is -2.03. The largest absolute Gasteiger partial charge is 0.383 e. The van der Waals surface area contributed by atoms with Crippen molar-refractivity contribution in [3.8, 4) is 11.3 Å². The van der Waals surface area contributed by atoms with Gasteiger partial charge in [0.1, 0.15) is 12.1 Å². The quantitative estimate of drug-likeness (QED) is 0.790. The van der Waals surface area contributed by atoms with Crippen molar-refractivity contribution in [2.45, 2.75) is 0 Å². The number of hydrogen-bond acceptors (Lipinski definition) is 4. The number of nitrogens with two attached hydrogens (primary N) is 1. The number of aromatic nitrogens is 4. The van der Waals surface area contributed by atoms with Crippen molar-refractivity contribution in [3.63, 3.8) is 0 Å². The second-order valence-corrected chi connectivity index (χ2v) is 3.13. The number of aryl methyl sites for hydroxylation is 1. The molecule has 0 radical (unpaired) electrons. The van der Waals surface area contributed by atoms with E-state index in [1.807, 2.05) is 13.2 Å². The van der Waals surface area contributed by atoms with Gasteiger partial charge in [0.05, 0.1) is 11.9 Å². The van der Waals surface area contributed by atoms with Crippen molar-refractivity contribution in [1.29, 1.82) is 0 Å². The first-order chi connectivity index (χ1) is 7.22. The number of anilines is 1. The van der Waals surface area contributed by atoms with Gasteiger partial charge in [-0.25, -0.2) is 9.97 Å². The number of hydrogen-bond donors (Lipinski definition) is 1. The fourth-order valence-electron chi connectivity index (χ4n) is 1.38. The minimum absolute atomic E-state index is 0.429. The van der Waals surface area contributed by atoms with Gasteiger partial charge in [0.15, 0.2) is 0 Å². The van der Waals surface area contributed by atoms with Crippen LogP contribution in [0.2, 0.25) is 0 Å². The third kappa shape index (κ3) is 1.59. The van der Waals surface area contributed by atoms with Crippen molar-refractivity contribution in [2.75, 3.05) is 5.73 Å². The summed E-state index contributed by atoms with van der Waals surface area (Å²) in [4.78, 5) is 8.09. The monoisotopic (exact) mass is 201 g/mol. The first-order valence-electron chi connectivity index (χ1n) is 4.44. The topological polar surface area (TPSA) is 69.6 Å². The molecule has 0 spiro atoms. The Kier molecular flexibility index (Phi) is 2.21. The molecular formula is C10H11N5. The minimum Gasteiger partial charge on any atom is -0.383 e. The molecule has 76 valence electrons. The maximum atomic E-state index is 5.73. The van der Waals surface area contributed by atoms with Crippen LogP contribution in [-0.2, 0) is 7.05 Å². The fraction of sp³-hybridized carbons (Fsp3) is 0.100. The third-order valence-corrected chi connectivity index (χ3v) is 2.10. The lowest BCUT2D eigenvalue weighted by Crippen LogP contribution is -1.98. The van der Waals surface area contributed by atoms with Crippen LogP contribution in [0, 0.1) is 0 Å². The zero-order chi connectivity index (χ0) is 10.8. The minimum atomic E-state index is 0.429. The number of nitrogens with zero attached hydrogens (tertiary/aromatic N) is 4. The van der Waals surface area contributed by atoms with E-state index in [1.54, 1.807) is 17.0 Å². The summed E-state index contributed by atoms with van der Waals surface area (Å²) < 4.78 is 1.71. The molecule has 2 rings (SSSR count). The van der Waals surface area contributed by atoms with E-state index in [0.717, 1.165) is 16.8 Å². The van der Waals surface area contributed by atoms with Gasteiger partial charge in [0, 0.05) is 24.4 Å². The Morgan fingerprint density at radius 3 is 2.87 bits per heavy atom. The molecule has 0 aliphatic carbocycles. The van der Waals surface area contributed by atoms with Gasteiger partial charge < -0.3 is 5.73 Å². The highest BCUT2D eigenvalue weighted by Crippen LogP contribution is 2.24. The first-order valence-corrected chi connectivity index (χ1v) is 4.44. The Labute approximate surface area is 87.3 Å². The summed E-state index contributed by atoms with van der Waals surface area (Å²) in [6, 6.07) is 0. The van der Waals surface area contributed by atoms with E-state index in [1.165, 1.54) is 6.33 Å². The van der Waals surface area contributed by atoms with E-state index in [2.05, 4.69) is 21.6 Å². The maximum absolute atomic E-state index is 5.73. The van der Waals surface area contributed by atoms with E-state index in [0.29, 0.717) is 5.82 Å². The average Bonchev–Trinajstić information content (AvgIpc) is 2.64. The first kappa shape index (κ1) is 9.39. The summed E-state index contributed by atoms with van der Waals surface area (Å²) in [5.41, 5.74) is 8.13. The van der Waals surface area contributed by atoms with Gasteiger partial charge in [-0.3, -0.25) is 4.68 Å². The number of rotatable bonds is 2. The van der Waals surface area contributed by atoms with Crippen molar-refractivity contribution in [2.24, 2.45) is 7.05 Å². The van der Waals surface area contributed by atoms with Crippen molar-refractivity contribution in [3.05, 3.63) is 30.9 Å². The van der Waals surface area contributed by atoms with Crippen LogP contribution >= 0.6 is 0 Å². The Morgan fingerprint density at radius 1 is 1.47 bits per heavy atom. The second-order valence-electron chi connectivity index (χ2n) is 3.13. The Balaban J connectivity index is 2.62. The summed E-state index contributed by atoms with van der Waals surface area (Å²) in [6.07, 6.45) is 6.69. The molecule has 0 aliphatic heterocycles. The molecule has 0 saturated heterocycles. The van der Waals surface area contributed by atoms with Gasteiger partial charge in [-0.2, -0.15) is 5.10 Å². The van der Waals surface area contributed by atoms with Gasteiger partial charge in [-0.15, -0.1) is 0 Å². The zero-order valence-corrected chi connectivity index (χ0v) is 8.38. The lowest BCUT2D eigenvalue weighted by atomic mass is 10.1. The predicted octanol–water partition coefficient (Wildman–Crippen LogP) is 1.10. The van der Waals surface area contributed by atoms with Gasteiger partial charge >= 0.3 is 0 Å². The van der Waals surface area contributed by atoms with Crippen LogP contribution in [0.25, 0.3) is 17.3 Å². The average molecular weight is 201 g/mol. The molecule has 2 N–H and O–H groups in total. The molecule has 5 heteroatoms. The summed E-state index contributed by atoms with van der Waals surface area (Å²) in [5, 5.41) is 4.08. The zero-order valence-electron chi connectivity index (χ0n) is 8.38. The predicted molar refractivity (Wildman–Crippen MR) is 58.7 cm³/mol. The second kappa shape index (κ2) is 3.53. The van der Waals surface area contributed by atoms with E-state index in [4.69, 9.17) is 5.73 Å². The van der Waals surface area contributed by atoms with Crippen LogP contribution in [0.1, 0.15) is 5.56 Å². The highest BCUT2D eigenvalue weighted by molar-refractivity contribution is 5.76. The van der Waals surface area contributed by atoms with Gasteiger partial charge in [-0.1, -0.05) is 12.7 Å². The van der Waals surface area contributed by atoms with Gasteiger partial charge in [-0.05, 0) is 0 Å². The molecule has 0 fully saturated rings. The van der Waals surface area contributed by atoms with E-state index in [9.17, 15) is 0 Å². The molecule has 0 amide bonds. The molecular weight excluding hydrogens is 190 g/mol. The Hall–Kier alpha value is -2.17. The molecule has 2 aromatic heterocycles. The molecule has 5 nitrogen and oxygen atoms in total. The Bertz CT molecular complexity index is 500. The molecule has 15 heavy (non-hydrogen) atoms. The normalized spacial score (nSPS) is 10.2. The molecule has 0 saturated carbocycles. The summed E-state index contributed by atoms with van der Waals surface area (Å²) in [7, 11) is 1.85. The Morgan fingerprint density at radius 2 is 2.27 bits per heavy atom. The summed E-state index contributed by atoms with van der Waals surface area (Å²) in [6.45, 7) is 3.70. The van der Waals surface area contributed by atoms with Crippen LogP contribution < -0.4 is 5.73 Å². The highest BCUT2D eigenvalue weighted by atomic mass is 15.2. The van der Waals surface area contributed by atoms with Gasteiger partial charge in [0.2, 0.25) is 0 Å². The molecule has 0 unspecified atom stereocenters. The third-order valence-electron chi connectivity index (χ3n) is 2.10. The molecule has 0 aromatic carbocycles. The highest BCUT2D eigenvalue weighted by Gasteiger charge is 2.09. The van der Waals surface area contributed by atoms with Gasteiger partial charge in [0.25, 0.3) is 0 Å². The SMILES string of the molecule is C=Cc1c(N)ncnc1-c1cnn(C)c1. The summed E-state index contributed by atoms with van der Waals surface area (Å²) in [5.74, 6) is 0.429. The van der Waals surface area contributed by atoms with Crippen molar-refractivity contribution >= 4 is 11.9 Å². The van der Waals surface area contributed by atoms with E-state index in [-0.39, 0.29) is 0 Å². The van der Waals surface area contributed by atoms with E-state index >= 15 is 0 Å². The summed E-state index contributed by atoms with van der Waals surface area (Å²) >= 11 is 0. The smallest absolute Gasteiger partial charge is 0.134 e. The van der Waals surface area contributed by atoms with Crippen molar-refractivity contribution in [1.82, 2.24) is 19.7 Å². The lowest BCUT2D eigenvalue weighted by molar-refractivity contribution is 0.768. The van der Waals surface area contributed by atoms with Crippen LogP contribution in [0.4, 0.5) is 5.82 Å². The molecule has 2 aromatic rings. The molecule has 2 heterocycles.